The largest absolute Gasteiger partial charge is 0.459 e. The molecule has 30 heavy (non-hydrogen) atoms. The van der Waals surface area contributed by atoms with Crippen LogP contribution in [0.5, 0.6) is 0 Å². The van der Waals surface area contributed by atoms with E-state index in [-0.39, 0.29) is 23.0 Å². The van der Waals surface area contributed by atoms with Gasteiger partial charge in [0, 0.05) is 19.0 Å². The van der Waals surface area contributed by atoms with Gasteiger partial charge < -0.3 is 14.6 Å². The van der Waals surface area contributed by atoms with Crippen LogP contribution in [0.2, 0.25) is 10.0 Å². The van der Waals surface area contributed by atoms with Gasteiger partial charge in [-0.3, -0.25) is 9.59 Å². The lowest BCUT2D eigenvalue weighted by Gasteiger charge is -2.27. The van der Waals surface area contributed by atoms with Crippen LogP contribution in [0.1, 0.15) is 40.3 Å². The van der Waals surface area contributed by atoms with Crippen LogP contribution in [0, 0.1) is 0 Å². The lowest BCUT2D eigenvalue weighted by atomic mass is 9.84. The van der Waals surface area contributed by atoms with Crippen LogP contribution >= 0.6 is 23.2 Å². The second kappa shape index (κ2) is 8.94. The molecular weight excluding hydrogens is 423 g/mol. The second-order valence-corrected chi connectivity index (χ2v) is 8.37. The van der Waals surface area contributed by atoms with Crippen LogP contribution in [-0.2, 0) is 5.41 Å². The number of furan rings is 1. The first-order valence-corrected chi connectivity index (χ1v) is 10.1. The van der Waals surface area contributed by atoms with Crippen LogP contribution < -0.4 is 10.2 Å². The summed E-state index contributed by atoms with van der Waals surface area (Å²) in [6, 6.07) is 15.6. The molecule has 2 amide bonds. The topological polar surface area (TPSA) is 62.6 Å². The number of hydrogen-bond acceptors (Lipinski definition) is 3. The van der Waals surface area contributed by atoms with Crippen molar-refractivity contribution in [2.45, 2.75) is 19.3 Å². The van der Waals surface area contributed by atoms with Crippen LogP contribution in [0.25, 0.3) is 0 Å². The van der Waals surface area contributed by atoms with Gasteiger partial charge in [0.05, 0.1) is 27.6 Å². The number of carbonyl (C=O) groups excluding carboxylic acids is 2. The average Bonchev–Trinajstić information content (AvgIpc) is 3.27. The fourth-order valence-corrected chi connectivity index (χ4v) is 3.35. The van der Waals surface area contributed by atoms with Crippen LogP contribution in [0.15, 0.2) is 65.3 Å². The third-order valence-electron chi connectivity index (χ3n) is 4.94. The van der Waals surface area contributed by atoms with Crippen LogP contribution in [-0.4, -0.2) is 25.4 Å². The quantitative estimate of drug-likeness (QED) is 0.540. The number of amides is 2. The summed E-state index contributed by atoms with van der Waals surface area (Å²) in [4.78, 5) is 27.0. The van der Waals surface area contributed by atoms with E-state index >= 15 is 0 Å². The molecule has 0 fully saturated rings. The number of benzene rings is 2. The first-order chi connectivity index (χ1) is 14.2. The van der Waals surface area contributed by atoms with Crippen molar-refractivity contribution in [3.8, 4) is 0 Å². The summed E-state index contributed by atoms with van der Waals surface area (Å²) in [7, 11) is 1.61. The van der Waals surface area contributed by atoms with Crippen molar-refractivity contribution in [1.82, 2.24) is 5.32 Å². The lowest BCUT2D eigenvalue weighted by Crippen LogP contribution is -2.37. The fourth-order valence-electron chi connectivity index (χ4n) is 3.05. The smallest absolute Gasteiger partial charge is 0.293 e. The van der Waals surface area contributed by atoms with E-state index in [9.17, 15) is 9.59 Å². The minimum Gasteiger partial charge on any atom is -0.459 e. The van der Waals surface area contributed by atoms with Crippen molar-refractivity contribution in [3.63, 3.8) is 0 Å². The molecule has 0 spiro atoms. The predicted molar refractivity (Wildman–Crippen MR) is 120 cm³/mol. The van der Waals surface area contributed by atoms with E-state index in [1.54, 1.807) is 55.6 Å². The number of hydrogen-bond donors (Lipinski definition) is 1. The molecule has 5 nitrogen and oxygen atoms in total. The van der Waals surface area contributed by atoms with E-state index in [4.69, 9.17) is 27.6 Å². The molecule has 0 saturated heterocycles. The summed E-state index contributed by atoms with van der Waals surface area (Å²) in [5, 5.41) is 3.92. The van der Waals surface area contributed by atoms with Gasteiger partial charge >= 0.3 is 0 Å². The highest BCUT2D eigenvalue weighted by Gasteiger charge is 2.25. The molecule has 0 atom stereocenters. The Balaban J connectivity index is 1.77. The summed E-state index contributed by atoms with van der Waals surface area (Å²) < 4.78 is 5.19. The van der Waals surface area contributed by atoms with Gasteiger partial charge in [-0.05, 0) is 42.0 Å². The highest BCUT2D eigenvalue weighted by atomic mass is 35.5. The van der Waals surface area contributed by atoms with E-state index in [0.29, 0.717) is 27.8 Å². The van der Waals surface area contributed by atoms with Gasteiger partial charge in [0.25, 0.3) is 11.8 Å². The normalized spacial score (nSPS) is 11.2. The molecule has 3 aromatic rings. The van der Waals surface area contributed by atoms with Crippen LogP contribution in [0.3, 0.4) is 0 Å². The highest BCUT2D eigenvalue weighted by Crippen LogP contribution is 2.30. The van der Waals surface area contributed by atoms with Gasteiger partial charge in [0.15, 0.2) is 5.76 Å². The summed E-state index contributed by atoms with van der Waals surface area (Å²) in [6.45, 7) is 4.38. The van der Waals surface area contributed by atoms with Gasteiger partial charge in [-0.15, -0.1) is 0 Å². The molecule has 0 bridgehead atoms. The molecule has 2 aromatic carbocycles. The molecule has 1 N–H and O–H groups in total. The predicted octanol–water partition coefficient (Wildman–Crippen LogP) is 5.57. The molecule has 7 heteroatoms. The molecule has 0 aliphatic rings. The second-order valence-electron chi connectivity index (χ2n) is 7.55. The van der Waals surface area contributed by atoms with Crippen molar-refractivity contribution in [2.75, 3.05) is 18.5 Å². The van der Waals surface area contributed by atoms with E-state index in [0.717, 1.165) is 5.56 Å². The van der Waals surface area contributed by atoms with E-state index < -0.39 is 0 Å². The minimum absolute atomic E-state index is 0.202. The number of carbonyl (C=O) groups is 2. The molecule has 0 radical (unpaired) electrons. The maximum atomic E-state index is 13.0. The van der Waals surface area contributed by atoms with E-state index in [1.165, 1.54) is 11.2 Å². The SMILES string of the molecule is CN(C(=O)c1ccco1)c1ccccc1C(=O)NCC(C)(C)c1ccc(Cl)c(Cl)c1. The minimum atomic E-state index is -0.380. The number of para-hydroxylation sites is 1. The lowest BCUT2D eigenvalue weighted by molar-refractivity contribution is 0.0946. The monoisotopic (exact) mass is 444 g/mol. The summed E-state index contributed by atoms with van der Waals surface area (Å²) in [5.41, 5.74) is 1.46. The zero-order chi connectivity index (χ0) is 21.9. The Morgan fingerprint density at radius 1 is 1.03 bits per heavy atom. The molecule has 3 rings (SSSR count). The van der Waals surface area contributed by atoms with E-state index in [2.05, 4.69) is 5.32 Å². The van der Waals surface area contributed by atoms with Crippen molar-refractivity contribution in [1.29, 1.82) is 0 Å². The highest BCUT2D eigenvalue weighted by molar-refractivity contribution is 6.42. The van der Waals surface area contributed by atoms with Crippen molar-refractivity contribution < 1.29 is 14.0 Å². The molecule has 1 heterocycles. The Morgan fingerprint density at radius 2 is 1.77 bits per heavy atom. The number of nitrogens with zero attached hydrogens (tertiary/aromatic N) is 1. The standard InChI is InChI=1S/C23H22Cl2N2O3/c1-23(2,15-10-11-17(24)18(25)13-15)14-26-21(28)16-7-4-5-8-19(16)27(3)22(29)20-9-6-12-30-20/h4-13H,14H2,1-3H3,(H,26,28). The number of rotatable bonds is 6. The van der Waals surface area contributed by atoms with Gasteiger partial charge in [-0.1, -0.05) is 55.2 Å². The number of anilines is 1. The molecule has 0 unspecified atom stereocenters. The first kappa shape index (κ1) is 21.9. The van der Waals surface area contributed by atoms with Gasteiger partial charge in [-0.25, -0.2) is 0 Å². The summed E-state index contributed by atoms with van der Waals surface area (Å²) in [5.74, 6) is -0.414. The van der Waals surface area contributed by atoms with Crippen LogP contribution in [0.4, 0.5) is 5.69 Å². The van der Waals surface area contributed by atoms with Crippen molar-refractivity contribution >= 4 is 40.7 Å². The molecule has 0 aliphatic heterocycles. The van der Waals surface area contributed by atoms with Crippen molar-refractivity contribution in [2.24, 2.45) is 0 Å². The fraction of sp³-hybridized carbons (Fsp3) is 0.217. The Kier molecular flexibility index (Phi) is 6.54. The van der Waals surface area contributed by atoms with E-state index in [1.807, 2.05) is 19.9 Å². The summed E-state index contributed by atoms with van der Waals surface area (Å²) >= 11 is 12.1. The third-order valence-corrected chi connectivity index (χ3v) is 5.68. The first-order valence-electron chi connectivity index (χ1n) is 9.35. The Hall–Kier alpha value is -2.76. The zero-order valence-corrected chi connectivity index (χ0v) is 18.4. The molecule has 156 valence electrons. The third kappa shape index (κ3) is 4.69. The molecule has 0 saturated carbocycles. The maximum Gasteiger partial charge on any atom is 0.293 e. The summed E-state index contributed by atoms with van der Waals surface area (Å²) in [6.07, 6.45) is 1.44. The van der Waals surface area contributed by atoms with Gasteiger partial charge in [-0.2, -0.15) is 0 Å². The Morgan fingerprint density at radius 3 is 2.43 bits per heavy atom. The number of nitrogens with one attached hydrogen (secondary N) is 1. The number of halogens is 2. The van der Waals surface area contributed by atoms with Gasteiger partial charge in [0.2, 0.25) is 0 Å². The van der Waals surface area contributed by atoms with Crippen molar-refractivity contribution in [3.05, 3.63) is 87.8 Å². The molecule has 0 aliphatic carbocycles. The Bertz CT molecular complexity index is 1060. The maximum absolute atomic E-state index is 13.0. The Labute approximate surface area is 185 Å². The average molecular weight is 445 g/mol. The zero-order valence-electron chi connectivity index (χ0n) is 16.9. The molecular formula is C23H22Cl2N2O3. The molecule has 1 aromatic heterocycles. The van der Waals surface area contributed by atoms with Gasteiger partial charge in [0.1, 0.15) is 0 Å².